The van der Waals surface area contributed by atoms with E-state index in [1.807, 2.05) is 60.7 Å². The molecule has 4 aromatic carbocycles. The molecule has 1 amide bonds. The molecule has 2 heterocycles. The van der Waals surface area contributed by atoms with E-state index in [1.54, 1.807) is 42.5 Å². The first-order chi connectivity index (χ1) is 20.9. The number of carbonyl (C=O) groups is 2. The van der Waals surface area contributed by atoms with E-state index >= 15 is 0 Å². The number of ketones is 1. The van der Waals surface area contributed by atoms with Crippen molar-refractivity contribution in [2.24, 2.45) is 0 Å². The van der Waals surface area contributed by atoms with Gasteiger partial charge in [0, 0.05) is 5.02 Å². The fourth-order valence-corrected chi connectivity index (χ4v) is 6.16. The zero-order valence-electron chi connectivity index (χ0n) is 22.9. The van der Waals surface area contributed by atoms with E-state index in [9.17, 15) is 14.7 Å². The van der Waals surface area contributed by atoms with Crippen LogP contribution in [0.2, 0.25) is 5.02 Å². The van der Waals surface area contributed by atoms with Gasteiger partial charge in [-0.3, -0.25) is 14.5 Å². The van der Waals surface area contributed by atoms with Crippen LogP contribution in [0.1, 0.15) is 22.7 Å². The molecule has 0 bridgehead atoms. The zero-order valence-corrected chi connectivity index (χ0v) is 24.5. The molecule has 43 heavy (non-hydrogen) atoms. The van der Waals surface area contributed by atoms with E-state index < -0.39 is 23.5 Å². The number of rotatable bonds is 9. The van der Waals surface area contributed by atoms with Crippen molar-refractivity contribution >= 4 is 56.1 Å². The number of thiazole rings is 1. The molecular formula is C34H25ClN2O5S. The van der Waals surface area contributed by atoms with Crippen molar-refractivity contribution in [2.45, 2.75) is 12.6 Å². The first-order valence-corrected chi connectivity index (χ1v) is 14.6. The van der Waals surface area contributed by atoms with Crippen LogP contribution in [0.5, 0.6) is 11.5 Å². The van der Waals surface area contributed by atoms with Gasteiger partial charge in [-0.05, 0) is 53.1 Å². The monoisotopic (exact) mass is 608 g/mol. The van der Waals surface area contributed by atoms with Gasteiger partial charge >= 0.3 is 0 Å². The Morgan fingerprint density at radius 1 is 1.00 bits per heavy atom. The van der Waals surface area contributed by atoms with Gasteiger partial charge in [0.25, 0.3) is 5.91 Å². The molecule has 1 N–H and O–H groups in total. The Labute approximate surface area is 256 Å². The van der Waals surface area contributed by atoms with Gasteiger partial charge in [-0.25, -0.2) is 4.98 Å². The molecule has 0 fully saturated rings. The Morgan fingerprint density at radius 2 is 1.74 bits per heavy atom. The highest BCUT2D eigenvalue weighted by Gasteiger charge is 2.45. The molecule has 6 rings (SSSR count). The lowest BCUT2D eigenvalue weighted by atomic mass is 9.95. The lowest BCUT2D eigenvalue weighted by Gasteiger charge is -2.25. The number of nitrogens with zero attached hydrogens (tertiary/aromatic N) is 2. The summed E-state index contributed by atoms with van der Waals surface area (Å²) in [5.74, 6) is -0.960. The Morgan fingerprint density at radius 3 is 2.49 bits per heavy atom. The first kappa shape index (κ1) is 28.2. The molecule has 5 aromatic rings. The van der Waals surface area contributed by atoms with E-state index in [0.29, 0.717) is 39.3 Å². The van der Waals surface area contributed by atoms with Gasteiger partial charge in [0.15, 0.2) is 28.2 Å². The van der Waals surface area contributed by atoms with E-state index in [0.717, 1.165) is 15.8 Å². The number of amides is 1. The summed E-state index contributed by atoms with van der Waals surface area (Å²) in [4.78, 5) is 33.3. The fourth-order valence-electron chi connectivity index (χ4n) is 4.89. The first-order valence-electron chi connectivity index (χ1n) is 13.4. The molecule has 1 unspecified atom stereocenters. The summed E-state index contributed by atoms with van der Waals surface area (Å²) < 4.78 is 12.5. The number of allylic oxidation sites excluding steroid dienone is 1. The number of halogens is 1. The van der Waals surface area contributed by atoms with Crippen molar-refractivity contribution in [2.75, 3.05) is 12.0 Å². The van der Waals surface area contributed by atoms with Crippen LogP contribution in [-0.2, 0) is 16.2 Å². The summed E-state index contributed by atoms with van der Waals surface area (Å²) in [7, 11) is 1.52. The normalized spacial score (nSPS) is 15.1. The lowest BCUT2D eigenvalue weighted by molar-refractivity contribution is -0.117. The van der Waals surface area contributed by atoms with Crippen LogP contribution in [0.15, 0.2) is 114 Å². The summed E-state index contributed by atoms with van der Waals surface area (Å²) >= 11 is 7.44. The van der Waals surface area contributed by atoms with E-state index in [-0.39, 0.29) is 5.57 Å². The van der Waals surface area contributed by atoms with Gasteiger partial charge in [0.05, 0.1) is 28.9 Å². The maximum Gasteiger partial charge on any atom is 0.296 e. The predicted octanol–water partition coefficient (Wildman–Crippen LogP) is 7.72. The molecule has 1 aliphatic rings. The van der Waals surface area contributed by atoms with E-state index in [2.05, 4.69) is 4.98 Å². The van der Waals surface area contributed by atoms with Gasteiger partial charge < -0.3 is 14.6 Å². The maximum atomic E-state index is 13.7. The van der Waals surface area contributed by atoms with E-state index in [4.69, 9.17) is 21.1 Å². The highest BCUT2D eigenvalue weighted by Crippen LogP contribution is 2.45. The zero-order chi connectivity index (χ0) is 29.9. The van der Waals surface area contributed by atoms with Crippen molar-refractivity contribution in [3.8, 4) is 11.5 Å². The minimum atomic E-state index is -0.978. The van der Waals surface area contributed by atoms with Crippen LogP contribution in [0.4, 0.5) is 5.13 Å². The van der Waals surface area contributed by atoms with Gasteiger partial charge in [-0.15, -0.1) is 0 Å². The molecule has 0 saturated heterocycles. The van der Waals surface area contributed by atoms with Gasteiger partial charge in [-0.2, -0.15) is 0 Å². The summed E-state index contributed by atoms with van der Waals surface area (Å²) in [6.45, 7) is 0.327. The van der Waals surface area contributed by atoms with Crippen molar-refractivity contribution < 1.29 is 24.2 Å². The van der Waals surface area contributed by atoms with Gasteiger partial charge in [0.1, 0.15) is 6.61 Å². The topological polar surface area (TPSA) is 89.0 Å². The smallest absolute Gasteiger partial charge is 0.296 e. The maximum absolute atomic E-state index is 13.7. The largest absolute Gasteiger partial charge is 0.503 e. The Bertz CT molecular complexity index is 1890. The number of fused-ring (bicyclic) bond motifs is 1. The quantitative estimate of drug-likeness (QED) is 0.172. The number of hydrogen-bond donors (Lipinski definition) is 1. The predicted molar refractivity (Wildman–Crippen MR) is 169 cm³/mol. The summed E-state index contributed by atoms with van der Waals surface area (Å²) in [5.41, 5.74) is 2.91. The number of aromatic nitrogens is 1. The van der Waals surface area contributed by atoms with Crippen LogP contribution in [0.3, 0.4) is 0 Å². The van der Waals surface area contributed by atoms with Crippen molar-refractivity contribution in [1.29, 1.82) is 0 Å². The SMILES string of the molecule is COc1cc(C2C(C(=O)C=Cc3ccccc3)=C(O)C(=O)N2c2nc3ccc(Cl)cc3s2)ccc1OCc1ccccc1. The molecule has 0 saturated carbocycles. The highest BCUT2D eigenvalue weighted by atomic mass is 35.5. The number of anilines is 1. The number of aliphatic hydroxyl groups is 1. The highest BCUT2D eigenvalue weighted by molar-refractivity contribution is 7.22. The van der Waals surface area contributed by atoms with Crippen LogP contribution in [-0.4, -0.2) is 28.9 Å². The molecule has 214 valence electrons. The molecule has 1 atom stereocenters. The third-order valence-electron chi connectivity index (χ3n) is 6.99. The van der Waals surface area contributed by atoms with Crippen LogP contribution >= 0.6 is 22.9 Å². The summed E-state index contributed by atoms with van der Waals surface area (Å²) in [6, 6.07) is 28.5. The van der Waals surface area contributed by atoms with Crippen molar-refractivity contribution in [1.82, 2.24) is 4.98 Å². The molecule has 7 nitrogen and oxygen atoms in total. The Kier molecular flexibility index (Phi) is 7.96. The van der Waals surface area contributed by atoms with Gasteiger partial charge in [0.2, 0.25) is 0 Å². The third kappa shape index (κ3) is 5.75. The number of ether oxygens (including phenoxy) is 2. The second-order valence-corrected chi connectivity index (χ2v) is 11.2. The van der Waals surface area contributed by atoms with Crippen LogP contribution in [0, 0.1) is 0 Å². The lowest BCUT2D eigenvalue weighted by Crippen LogP contribution is -2.30. The fraction of sp³-hybridized carbons (Fsp3) is 0.0882. The Hall–Kier alpha value is -4.92. The third-order valence-corrected chi connectivity index (χ3v) is 8.24. The molecule has 0 radical (unpaired) electrons. The van der Waals surface area contributed by atoms with Crippen LogP contribution in [0.25, 0.3) is 16.3 Å². The second kappa shape index (κ2) is 12.1. The molecule has 0 spiro atoms. The summed E-state index contributed by atoms with van der Waals surface area (Å²) in [5, 5.41) is 12.0. The Balaban J connectivity index is 1.41. The second-order valence-electron chi connectivity index (χ2n) is 9.74. The van der Waals surface area contributed by atoms with Crippen LogP contribution < -0.4 is 14.4 Å². The number of hydrogen-bond acceptors (Lipinski definition) is 7. The van der Waals surface area contributed by atoms with E-state index in [1.165, 1.54) is 29.4 Å². The van der Waals surface area contributed by atoms with Gasteiger partial charge in [-0.1, -0.05) is 95.7 Å². The minimum absolute atomic E-state index is 0.0607. The average molecular weight is 609 g/mol. The molecular weight excluding hydrogens is 584 g/mol. The molecule has 1 aliphatic heterocycles. The average Bonchev–Trinajstić information content (AvgIpc) is 3.57. The van der Waals surface area contributed by atoms with Crippen molar-refractivity contribution in [3.05, 3.63) is 136 Å². The molecule has 0 aliphatic carbocycles. The number of benzene rings is 4. The summed E-state index contributed by atoms with van der Waals surface area (Å²) in [6.07, 6.45) is 3.00. The minimum Gasteiger partial charge on any atom is -0.503 e. The number of carbonyl (C=O) groups excluding carboxylic acids is 2. The van der Waals surface area contributed by atoms with Crippen molar-refractivity contribution in [3.63, 3.8) is 0 Å². The number of methoxy groups -OCH3 is 1. The molecule has 1 aromatic heterocycles. The number of aliphatic hydroxyl groups excluding tert-OH is 1. The standard InChI is InChI=1S/C34H25ClN2O5S/c1-41-28-18-23(13-17-27(28)42-20-22-10-6-3-7-11-22)31-30(26(38)16-12-21-8-4-2-5-9-21)32(39)33(40)37(31)34-36-25-15-14-24(35)19-29(25)43-34/h2-19,31,39H,20H2,1H3. The molecule has 9 heteroatoms.